The van der Waals surface area contributed by atoms with E-state index in [1.54, 1.807) is 31.2 Å². The molecule has 0 atom stereocenters. The molecule has 0 saturated heterocycles. The van der Waals surface area contributed by atoms with Gasteiger partial charge in [-0.05, 0) is 25.1 Å². The maximum atomic E-state index is 12.6. The number of nitro groups is 1. The number of nitrogens with zero attached hydrogens (tertiary/aromatic N) is 5. The van der Waals surface area contributed by atoms with Gasteiger partial charge >= 0.3 is 0 Å². The van der Waals surface area contributed by atoms with Gasteiger partial charge in [-0.15, -0.1) is 0 Å². The zero-order valence-corrected chi connectivity index (χ0v) is 15.8. The van der Waals surface area contributed by atoms with Gasteiger partial charge in [0, 0.05) is 23.6 Å². The Labute approximate surface area is 169 Å². The molecule has 0 unspecified atom stereocenters. The van der Waals surface area contributed by atoms with E-state index < -0.39 is 10.8 Å². The van der Waals surface area contributed by atoms with Crippen LogP contribution in [0, 0.1) is 17.0 Å². The first-order chi connectivity index (χ1) is 14.4. The molecule has 4 rings (SSSR count). The topological polar surface area (TPSA) is 125 Å². The molecule has 4 aromatic rings. The van der Waals surface area contributed by atoms with Crippen LogP contribution in [-0.2, 0) is 11.3 Å². The molecular weight excluding hydrogens is 388 g/mol. The second kappa shape index (κ2) is 7.59. The van der Waals surface area contributed by atoms with Crippen molar-refractivity contribution in [2.75, 3.05) is 5.32 Å². The van der Waals surface area contributed by atoms with Crippen LogP contribution in [0.4, 0.5) is 11.5 Å². The molecule has 10 nitrogen and oxygen atoms in total. The number of aromatic nitrogens is 4. The SMILES string of the molecule is Cc1cc(NC(=O)Cn2ncc3ccccc3c2=O)n(-c2ccc([N+](=O)[O-])cc2)n1. The molecule has 1 N–H and O–H groups in total. The molecule has 0 bridgehead atoms. The maximum absolute atomic E-state index is 12.6. The summed E-state index contributed by atoms with van der Waals surface area (Å²) in [7, 11) is 0. The van der Waals surface area contributed by atoms with E-state index in [1.807, 2.05) is 6.07 Å². The molecule has 0 spiro atoms. The van der Waals surface area contributed by atoms with E-state index in [0.717, 1.165) is 4.68 Å². The Morgan fingerprint density at radius 2 is 1.90 bits per heavy atom. The number of nitrogens with one attached hydrogen (secondary N) is 1. The summed E-state index contributed by atoms with van der Waals surface area (Å²) in [5, 5.41) is 23.1. The molecule has 0 radical (unpaired) electrons. The van der Waals surface area contributed by atoms with Crippen molar-refractivity contribution in [2.45, 2.75) is 13.5 Å². The molecule has 0 aliphatic rings. The summed E-state index contributed by atoms with van der Waals surface area (Å²) in [6.07, 6.45) is 1.54. The lowest BCUT2D eigenvalue weighted by molar-refractivity contribution is -0.384. The van der Waals surface area contributed by atoms with Crippen LogP contribution >= 0.6 is 0 Å². The summed E-state index contributed by atoms with van der Waals surface area (Å²) in [6.45, 7) is 1.49. The molecule has 0 fully saturated rings. The first-order valence-electron chi connectivity index (χ1n) is 8.98. The van der Waals surface area contributed by atoms with Gasteiger partial charge in [-0.2, -0.15) is 10.2 Å². The average molecular weight is 404 g/mol. The van der Waals surface area contributed by atoms with Crippen LogP contribution in [0.2, 0.25) is 0 Å². The number of carbonyl (C=O) groups excluding carboxylic acids is 1. The van der Waals surface area contributed by atoms with Crippen molar-refractivity contribution in [1.82, 2.24) is 19.6 Å². The Kier molecular flexibility index (Phi) is 4.80. The van der Waals surface area contributed by atoms with Gasteiger partial charge in [0.1, 0.15) is 12.4 Å². The molecule has 0 aliphatic heterocycles. The van der Waals surface area contributed by atoms with Gasteiger partial charge in [0.15, 0.2) is 0 Å². The number of hydrogen-bond donors (Lipinski definition) is 1. The molecular formula is C20H16N6O4. The lowest BCUT2D eigenvalue weighted by atomic mass is 10.2. The summed E-state index contributed by atoms with van der Waals surface area (Å²) in [4.78, 5) is 35.5. The second-order valence-corrected chi connectivity index (χ2v) is 6.60. The quantitative estimate of drug-likeness (QED) is 0.402. The number of rotatable bonds is 5. The molecule has 2 aromatic carbocycles. The minimum Gasteiger partial charge on any atom is -0.309 e. The number of benzene rings is 2. The van der Waals surface area contributed by atoms with E-state index in [2.05, 4.69) is 15.5 Å². The van der Waals surface area contributed by atoms with Crippen LogP contribution in [0.15, 0.2) is 65.6 Å². The number of hydrogen-bond acceptors (Lipinski definition) is 6. The highest BCUT2D eigenvalue weighted by molar-refractivity contribution is 5.90. The third kappa shape index (κ3) is 3.65. The lowest BCUT2D eigenvalue weighted by Crippen LogP contribution is -2.30. The zero-order valence-electron chi connectivity index (χ0n) is 15.8. The number of fused-ring (bicyclic) bond motifs is 1. The zero-order chi connectivity index (χ0) is 21.3. The number of carbonyl (C=O) groups is 1. The van der Waals surface area contributed by atoms with Gasteiger partial charge < -0.3 is 5.32 Å². The first kappa shape index (κ1) is 19.0. The van der Waals surface area contributed by atoms with Crippen molar-refractivity contribution in [1.29, 1.82) is 0 Å². The van der Waals surface area contributed by atoms with Crippen molar-refractivity contribution in [3.8, 4) is 5.69 Å². The number of anilines is 1. The highest BCUT2D eigenvalue weighted by Gasteiger charge is 2.14. The molecule has 0 saturated carbocycles. The van der Waals surface area contributed by atoms with E-state index in [0.29, 0.717) is 28.0 Å². The van der Waals surface area contributed by atoms with Crippen molar-refractivity contribution >= 4 is 28.2 Å². The summed E-state index contributed by atoms with van der Waals surface area (Å²) >= 11 is 0. The van der Waals surface area contributed by atoms with Crippen LogP contribution in [0.5, 0.6) is 0 Å². The normalized spacial score (nSPS) is 10.8. The van der Waals surface area contributed by atoms with Crippen LogP contribution in [0.1, 0.15) is 5.69 Å². The number of non-ortho nitro benzene ring substituents is 1. The molecule has 150 valence electrons. The first-order valence-corrected chi connectivity index (χ1v) is 8.98. The third-order valence-corrected chi connectivity index (χ3v) is 4.46. The van der Waals surface area contributed by atoms with Crippen molar-refractivity contribution in [3.05, 3.63) is 87.0 Å². The fourth-order valence-electron chi connectivity index (χ4n) is 3.06. The Morgan fingerprint density at radius 3 is 2.63 bits per heavy atom. The lowest BCUT2D eigenvalue weighted by Gasteiger charge is -2.10. The Bertz CT molecular complexity index is 1320. The molecule has 1 amide bonds. The number of aryl methyl sites for hydroxylation is 1. The number of amides is 1. The van der Waals surface area contributed by atoms with Gasteiger partial charge in [0.05, 0.1) is 27.9 Å². The summed E-state index contributed by atoms with van der Waals surface area (Å²) in [6, 6.07) is 14.5. The molecule has 10 heteroatoms. The van der Waals surface area contributed by atoms with Gasteiger partial charge in [0.2, 0.25) is 5.91 Å². The molecule has 2 aromatic heterocycles. The monoisotopic (exact) mass is 404 g/mol. The largest absolute Gasteiger partial charge is 0.309 e. The van der Waals surface area contributed by atoms with Crippen molar-refractivity contribution in [2.24, 2.45) is 0 Å². The average Bonchev–Trinajstić information content (AvgIpc) is 3.10. The summed E-state index contributed by atoms with van der Waals surface area (Å²) in [5.41, 5.74) is 0.785. The highest BCUT2D eigenvalue weighted by Crippen LogP contribution is 2.20. The Hall–Kier alpha value is -4.34. The standard InChI is InChI=1S/C20H16N6O4/c1-13-10-18(25(23-13)15-6-8-16(9-7-15)26(29)30)22-19(27)12-24-20(28)17-5-3-2-4-14(17)11-21-24/h2-11H,12H2,1H3,(H,22,27). The predicted octanol–water partition coefficient (Wildman–Crippen LogP) is 2.44. The van der Waals surface area contributed by atoms with Gasteiger partial charge in [-0.1, -0.05) is 18.2 Å². The summed E-state index contributed by atoms with van der Waals surface area (Å²) < 4.78 is 2.56. The van der Waals surface area contributed by atoms with Crippen molar-refractivity contribution < 1.29 is 9.72 Å². The minimum atomic E-state index is -0.491. The van der Waals surface area contributed by atoms with E-state index in [-0.39, 0.29) is 17.8 Å². The van der Waals surface area contributed by atoms with E-state index in [9.17, 15) is 19.7 Å². The van der Waals surface area contributed by atoms with E-state index in [1.165, 1.54) is 35.1 Å². The van der Waals surface area contributed by atoms with E-state index in [4.69, 9.17) is 0 Å². The second-order valence-electron chi connectivity index (χ2n) is 6.60. The van der Waals surface area contributed by atoms with Crippen molar-refractivity contribution in [3.63, 3.8) is 0 Å². The molecule has 2 heterocycles. The fourth-order valence-corrected chi connectivity index (χ4v) is 3.06. The maximum Gasteiger partial charge on any atom is 0.275 e. The predicted molar refractivity (Wildman–Crippen MR) is 110 cm³/mol. The smallest absolute Gasteiger partial charge is 0.275 e. The third-order valence-electron chi connectivity index (χ3n) is 4.46. The highest BCUT2D eigenvalue weighted by atomic mass is 16.6. The molecule has 30 heavy (non-hydrogen) atoms. The van der Waals surface area contributed by atoms with Gasteiger partial charge in [-0.3, -0.25) is 19.7 Å². The Balaban J connectivity index is 1.58. The van der Waals surface area contributed by atoms with Crippen LogP contribution in [0.25, 0.3) is 16.5 Å². The van der Waals surface area contributed by atoms with Crippen LogP contribution < -0.4 is 10.9 Å². The molecule has 0 aliphatic carbocycles. The van der Waals surface area contributed by atoms with Crippen LogP contribution in [-0.4, -0.2) is 30.4 Å². The number of nitro benzene ring substituents is 1. The van der Waals surface area contributed by atoms with Gasteiger partial charge in [0.25, 0.3) is 11.2 Å². The van der Waals surface area contributed by atoms with E-state index >= 15 is 0 Å². The summed E-state index contributed by atoms with van der Waals surface area (Å²) in [5.74, 6) is -0.0804. The minimum absolute atomic E-state index is 0.0463. The fraction of sp³-hybridized carbons (Fsp3) is 0.100. The van der Waals surface area contributed by atoms with Crippen LogP contribution in [0.3, 0.4) is 0 Å². The Morgan fingerprint density at radius 1 is 1.17 bits per heavy atom. The van der Waals surface area contributed by atoms with Gasteiger partial charge in [-0.25, -0.2) is 9.36 Å².